The standard InChI is InChI=1S/C12H17NO3S/c1-10-9-17(15,16)6-5-13(10)8-11-3-2-4-12(14)7-11/h2-4,7,10,14H,5-6,8-9H2,1H3. The summed E-state index contributed by atoms with van der Waals surface area (Å²) in [5.74, 6) is 0.710. The van der Waals surface area contributed by atoms with Crippen molar-refractivity contribution in [3.8, 4) is 5.75 Å². The normalized spacial score (nSPS) is 24.6. The largest absolute Gasteiger partial charge is 0.508 e. The highest BCUT2D eigenvalue weighted by Gasteiger charge is 2.27. The van der Waals surface area contributed by atoms with E-state index in [-0.39, 0.29) is 23.3 Å². The molecule has 1 aromatic rings. The SMILES string of the molecule is CC1CS(=O)(=O)CCN1Cc1cccc(O)c1. The quantitative estimate of drug-likeness (QED) is 0.857. The molecule has 0 aliphatic carbocycles. The molecule has 1 aliphatic rings. The second-order valence-corrected chi connectivity index (χ2v) is 6.83. The van der Waals surface area contributed by atoms with Crippen molar-refractivity contribution in [3.63, 3.8) is 0 Å². The van der Waals surface area contributed by atoms with E-state index in [1.54, 1.807) is 18.2 Å². The van der Waals surface area contributed by atoms with Crippen LogP contribution in [0.2, 0.25) is 0 Å². The van der Waals surface area contributed by atoms with Gasteiger partial charge in [-0.05, 0) is 24.6 Å². The van der Waals surface area contributed by atoms with Gasteiger partial charge in [0.1, 0.15) is 5.75 Å². The molecule has 0 spiro atoms. The van der Waals surface area contributed by atoms with Crippen molar-refractivity contribution in [1.29, 1.82) is 0 Å². The third kappa shape index (κ3) is 3.20. The third-order valence-corrected chi connectivity index (χ3v) is 4.90. The fourth-order valence-corrected chi connectivity index (χ4v) is 3.78. The lowest BCUT2D eigenvalue weighted by Gasteiger charge is -2.33. The molecule has 94 valence electrons. The second-order valence-electron chi connectivity index (χ2n) is 4.60. The van der Waals surface area contributed by atoms with Crippen LogP contribution in [0.5, 0.6) is 5.75 Å². The Kier molecular flexibility index (Phi) is 3.40. The molecule has 1 atom stereocenters. The van der Waals surface area contributed by atoms with E-state index in [1.165, 1.54) is 0 Å². The summed E-state index contributed by atoms with van der Waals surface area (Å²) in [5, 5.41) is 9.38. The maximum absolute atomic E-state index is 11.4. The number of phenols is 1. The zero-order chi connectivity index (χ0) is 12.5. The van der Waals surface area contributed by atoms with Crippen molar-refractivity contribution < 1.29 is 13.5 Å². The Hall–Kier alpha value is -1.07. The van der Waals surface area contributed by atoms with E-state index in [4.69, 9.17) is 0 Å². The molecule has 17 heavy (non-hydrogen) atoms. The molecule has 1 saturated heterocycles. The highest BCUT2D eigenvalue weighted by molar-refractivity contribution is 7.91. The highest BCUT2D eigenvalue weighted by Crippen LogP contribution is 2.17. The molecule has 0 saturated carbocycles. The van der Waals surface area contributed by atoms with Crippen molar-refractivity contribution in [3.05, 3.63) is 29.8 Å². The minimum atomic E-state index is -2.86. The van der Waals surface area contributed by atoms with Crippen LogP contribution in [0.3, 0.4) is 0 Å². The van der Waals surface area contributed by atoms with Gasteiger partial charge in [0.2, 0.25) is 0 Å². The third-order valence-electron chi connectivity index (χ3n) is 3.10. The molecule has 0 amide bonds. The van der Waals surface area contributed by atoms with Gasteiger partial charge in [-0.2, -0.15) is 0 Å². The molecule has 0 radical (unpaired) electrons. The van der Waals surface area contributed by atoms with Gasteiger partial charge in [0.05, 0.1) is 11.5 Å². The number of nitrogens with zero attached hydrogens (tertiary/aromatic N) is 1. The number of hydrogen-bond acceptors (Lipinski definition) is 4. The van der Waals surface area contributed by atoms with Gasteiger partial charge < -0.3 is 5.11 Å². The Bertz CT molecular complexity index is 498. The Morgan fingerprint density at radius 3 is 2.88 bits per heavy atom. The van der Waals surface area contributed by atoms with Crippen LogP contribution in [0.25, 0.3) is 0 Å². The number of rotatable bonds is 2. The van der Waals surface area contributed by atoms with Crippen molar-refractivity contribution >= 4 is 9.84 Å². The summed E-state index contributed by atoms with van der Waals surface area (Å²) in [6, 6.07) is 7.13. The van der Waals surface area contributed by atoms with Crippen LogP contribution in [-0.4, -0.2) is 42.5 Å². The van der Waals surface area contributed by atoms with Crippen LogP contribution in [0.4, 0.5) is 0 Å². The Balaban J connectivity index is 2.05. The average molecular weight is 255 g/mol. The number of sulfone groups is 1. The lowest BCUT2D eigenvalue weighted by Crippen LogP contribution is -2.46. The Morgan fingerprint density at radius 1 is 1.47 bits per heavy atom. The lowest BCUT2D eigenvalue weighted by atomic mass is 10.2. The molecule has 1 fully saturated rings. The van der Waals surface area contributed by atoms with E-state index in [0.29, 0.717) is 13.1 Å². The highest BCUT2D eigenvalue weighted by atomic mass is 32.2. The number of aromatic hydroxyl groups is 1. The van der Waals surface area contributed by atoms with Crippen LogP contribution < -0.4 is 0 Å². The van der Waals surface area contributed by atoms with Gasteiger partial charge in [0.25, 0.3) is 0 Å². The maximum Gasteiger partial charge on any atom is 0.153 e. The molecule has 5 heteroatoms. The van der Waals surface area contributed by atoms with Crippen molar-refractivity contribution in [2.45, 2.75) is 19.5 Å². The van der Waals surface area contributed by atoms with E-state index >= 15 is 0 Å². The minimum Gasteiger partial charge on any atom is -0.508 e. The van der Waals surface area contributed by atoms with Crippen LogP contribution >= 0.6 is 0 Å². The van der Waals surface area contributed by atoms with Crippen LogP contribution in [-0.2, 0) is 16.4 Å². The first kappa shape index (κ1) is 12.4. The predicted octanol–water partition coefficient (Wildman–Crippen LogP) is 1.01. The van der Waals surface area contributed by atoms with Gasteiger partial charge >= 0.3 is 0 Å². The van der Waals surface area contributed by atoms with Crippen molar-refractivity contribution in [2.24, 2.45) is 0 Å². The Morgan fingerprint density at radius 2 is 2.24 bits per heavy atom. The van der Waals surface area contributed by atoms with E-state index in [1.807, 2.05) is 13.0 Å². The molecule has 1 N–H and O–H groups in total. The van der Waals surface area contributed by atoms with Crippen molar-refractivity contribution in [1.82, 2.24) is 4.90 Å². The molecule has 4 nitrogen and oxygen atoms in total. The zero-order valence-corrected chi connectivity index (χ0v) is 10.7. The molecule has 1 aromatic carbocycles. The van der Waals surface area contributed by atoms with Gasteiger partial charge in [-0.3, -0.25) is 4.90 Å². The molecule has 2 rings (SSSR count). The van der Waals surface area contributed by atoms with Crippen LogP contribution in [0.1, 0.15) is 12.5 Å². The van der Waals surface area contributed by atoms with E-state index in [2.05, 4.69) is 4.90 Å². The first-order chi connectivity index (χ1) is 7.96. The van der Waals surface area contributed by atoms with Crippen molar-refractivity contribution in [2.75, 3.05) is 18.1 Å². The predicted molar refractivity (Wildman–Crippen MR) is 66.6 cm³/mol. The van der Waals surface area contributed by atoms with Gasteiger partial charge in [-0.1, -0.05) is 12.1 Å². The molecule has 1 aliphatic heterocycles. The summed E-state index contributed by atoms with van der Waals surface area (Å²) in [4.78, 5) is 2.13. The molecule has 1 heterocycles. The fraction of sp³-hybridized carbons (Fsp3) is 0.500. The van der Waals surface area contributed by atoms with Crippen LogP contribution in [0, 0.1) is 0 Å². The summed E-state index contributed by atoms with van der Waals surface area (Å²) in [5.41, 5.74) is 1.01. The number of phenolic OH excluding ortho intramolecular Hbond substituents is 1. The lowest BCUT2D eigenvalue weighted by molar-refractivity contribution is 0.218. The maximum atomic E-state index is 11.4. The van der Waals surface area contributed by atoms with E-state index in [9.17, 15) is 13.5 Å². The summed E-state index contributed by atoms with van der Waals surface area (Å²) in [7, 11) is -2.86. The number of benzene rings is 1. The first-order valence-electron chi connectivity index (χ1n) is 5.69. The van der Waals surface area contributed by atoms with Gasteiger partial charge in [0, 0.05) is 19.1 Å². The average Bonchev–Trinajstić information content (AvgIpc) is 2.22. The van der Waals surface area contributed by atoms with Gasteiger partial charge in [0.15, 0.2) is 9.84 Å². The molecule has 0 bridgehead atoms. The summed E-state index contributed by atoms with van der Waals surface area (Å²) in [6.45, 7) is 3.18. The second kappa shape index (κ2) is 4.66. The summed E-state index contributed by atoms with van der Waals surface area (Å²) < 4.78 is 22.9. The molecule has 1 unspecified atom stereocenters. The minimum absolute atomic E-state index is 0.0381. The van der Waals surface area contributed by atoms with E-state index in [0.717, 1.165) is 5.56 Å². The molecular formula is C12H17NO3S. The topological polar surface area (TPSA) is 57.6 Å². The van der Waals surface area contributed by atoms with E-state index < -0.39 is 9.84 Å². The first-order valence-corrected chi connectivity index (χ1v) is 7.51. The summed E-state index contributed by atoms with van der Waals surface area (Å²) in [6.07, 6.45) is 0. The van der Waals surface area contributed by atoms with Gasteiger partial charge in [-0.25, -0.2) is 8.42 Å². The monoisotopic (exact) mass is 255 g/mol. The molecule has 0 aromatic heterocycles. The Labute approximate surface area is 102 Å². The molecular weight excluding hydrogens is 238 g/mol. The fourth-order valence-electron chi connectivity index (χ4n) is 2.16. The van der Waals surface area contributed by atoms with Crippen LogP contribution in [0.15, 0.2) is 24.3 Å². The number of hydrogen-bond donors (Lipinski definition) is 1. The van der Waals surface area contributed by atoms with Gasteiger partial charge in [-0.15, -0.1) is 0 Å². The zero-order valence-electron chi connectivity index (χ0n) is 9.83. The smallest absolute Gasteiger partial charge is 0.153 e. The summed E-state index contributed by atoms with van der Waals surface area (Å²) >= 11 is 0.